The van der Waals surface area contributed by atoms with Crippen molar-refractivity contribution < 1.29 is 14.0 Å². The van der Waals surface area contributed by atoms with E-state index in [9.17, 15) is 18.8 Å². The maximum atomic E-state index is 13.6. The number of imide groups is 1. The van der Waals surface area contributed by atoms with Crippen molar-refractivity contribution in [1.29, 1.82) is 0 Å². The number of carbonyl (C=O) groups excluding carboxylic acids is 2. The van der Waals surface area contributed by atoms with Gasteiger partial charge in [0.05, 0.1) is 11.1 Å². The Hall–Kier alpha value is -2.72. The average Bonchev–Trinajstić information content (AvgIpc) is 3.41. The number of thioether (sulfide) groups is 1. The second kappa shape index (κ2) is 9.26. The minimum atomic E-state index is -0.386. The number of nitrogens with zero attached hydrogens (tertiary/aromatic N) is 3. The van der Waals surface area contributed by atoms with E-state index in [1.807, 2.05) is 0 Å². The molecule has 3 aromatic rings. The van der Waals surface area contributed by atoms with Crippen molar-refractivity contribution >= 4 is 45.3 Å². The van der Waals surface area contributed by atoms with Crippen LogP contribution < -0.4 is 10.9 Å². The molecule has 1 aromatic carbocycles. The zero-order chi connectivity index (χ0) is 22.9. The number of hydrogen-bond acceptors (Lipinski definition) is 6. The van der Waals surface area contributed by atoms with Crippen LogP contribution in [0.25, 0.3) is 10.2 Å². The molecule has 10 heteroatoms. The molecule has 1 aliphatic carbocycles. The Morgan fingerprint density at radius 3 is 2.73 bits per heavy atom. The minimum absolute atomic E-state index is 0.0208. The predicted molar refractivity (Wildman–Crippen MR) is 126 cm³/mol. The number of benzene rings is 1. The Bertz CT molecular complexity index is 1290. The van der Waals surface area contributed by atoms with Gasteiger partial charge in [0.1, 0.15) is 10.6 Å². The van der Waals surface area contributed by atoms with Crippen molar-refractivity contribution in [2.75, 3.05) is 18.8 Å². The van der Waals surface area contributed by atoms with E-state index in [0.717, 1.165) is 41.6 Å². The van der Waals surface area contributed by atoms with E-state index in [1.54, 1.807) is 28.0 Å². The van der Waals surface area contributed by atoms with Gasteiger partial charge >= 0.3 is 6.03 Å². The number of aryl methyl sites for hydroxylation is 3. The average molecular weight is 487 g/mol. The maximum Gasteiger partial charge on any atom is 0.324 e. The molecular weight excluding hydrogens is 463 g/mol. The van der Waals surface area contributed by atoms with Gasteiger partial charge in [-0.15, -0.1) is 11.3 Å². The quantitative estimate of drug-likeness (QED) is 0.427. The van der Waals surface area contributed by atoms with Crippen molar-refractivity contribution in [3.63, 3.8) is 0 Å². The van der Waals surface area contributed by atoms with Gasteiger partial charge in [0.25, 0.3) is 5.56 Å². The molecule has 7 nitrogen and oxygen atoms in total. The van der Waals surface area contributed by atoms with E-state index in [-0.39, 0.29) is 29.1 Å². The number of nitrogens with one attached hydrogen (secondary N) is 1. The number of fused-ring (bicyclic) bond motifs is 3. The molecule has 0 radical (unpaired) electrons. The van der Waals surface area contributed by atoms with Gasteiger partial charge < -0.3 is 5.32 Å². The van der Waals surface area contributed by atoms with E-state index < -0.39 is 0 Å². The first-order chi connectivity index (χ1) is 16.0. The molecule has 0 spiro atoms. The summed E-state index contributed by atoms with van der Waals surface area (Å²) in [7, 11) is 0. The smallest absolute Gasteiger partial charge is 0.324 e. The lowest BCUT2D eigenvalue weighted by Gasteiger charge is -2.15. The SMILES string of the molecule is O=C(CSc1nc2sc3c(c2c(=O)n1CCc1ccc(F)cc1)CCCC3)N1CCNC1=O. The van der Waals surface area contributed by atoms with Gasteiger partial charge in [0, 0.05) is 24.5 Å². The lowest BCUT2D eigenvalue weighted by molar-refractivity contribution is -0.124. The Labute approximate surface area is 198 Å². The van der Waals surface area contributed by atoms with E-state index in [2.05, 4.69) is 5.32 Å². The third kappa shape index (κ3) is 4.41. The van der Waals surface area contributed by atoms with Crippen molar-refractivity contribution in [3.8, 4) is 0 Å². The fourth-order valence-electron chi connectivity index (χ4n) is 4.33. The van der Waals surface area contributed by atoms with Crippen LogP contribution in [0.15, 0.2) is 34.2 Å². The zero-order valence-corrected chi connectivity index (χ0v) is 19.6. The largest absolute Gasteiger partial charge is 0.336 e. The molecule has 1 N–H and O–H groups in total. The number of urea groups is 1. The number of thiophene rings is 1. The summed E-state index contributed by atoms with van der Waals surface area (Å²) >= 11 is 2.76. The lowest BCUT2D eigenvalue weighted by Crippen LogP contribution is -2.35. The number of halogens is 1. The van der Waals surface area contributed by atoms with Crippen LogP contribution in [0, 0.1) is 5.82 Å². The van der Waals surface area contributed by atoms with Crippen molar-refractivity contribution in [3.05, 3.63) is 56.4 Å². The summed E-state index contributed by atoms with van der Waals surface area (Å²) in [6.45, 7) is 1.17. The van der Waals surface area contributed by atoms with E-state index in [4.69, 9.17) is 4.98 Å². The van der Waals surface area contributed by atoms with Crippen molar-refractivity contribution in [2.24, 2.45) is 0 Å². The highest BCUT2D eigenvalue weighted by Crippen LogP contribution is 2.34. The van der Waals surface area contributed by atoms with Gasteiger partial charge in [0.2, 0.25) is 5.91 Å². The molecule has 0 unspecified atom stereocenters. The van der Waals surface area contributed by atoms with Gasteiger partial charge in [-0.05, 0) is 55.4 Å². The summed E-state index contributed by atoms with van der Waals surface area (Å²) < 4.78 is 14.9. The van der Waals surface area contributed by atoms with Crippen LogP contribution in [-0.4, -0.2) is 45.2 Å². The predicted octanol–water partition coefficient (Wildman–Crippen LogP) is 3.36. The number of aromatic nitrogens is 2. The molecule has 172 valence electrons. The highest BCUT2D eigenvalue weighted by molar-refractivity contribution is 7.99. The van der Waals surface area contributed by atoms with Gasteiger partial charge in [-0.1, -0.05) is 23.9 Å². The molecule has 0 atom stereocenters. The molecule has 3 heterocycles. The molecule has 0 saturated carbocycles. The second-order valence-corrected chi connectivity index (χ2v) is 10.2. The number of carbonyl (C=O) groups is 2. The monoisotopic (exact) mass is 486 g/mol. The molecule has 1 aliphatic heterocycles. The summed E-state index contributed by atoms with van der Waals surface area (Å²) in [5.74, 6) is -0.586. The van der Waals surface area contributed by atoms with Crippen LogP contribution in [0.5, 0.6) is 0 Å². The minimum Gasteiger partial charge on any atom is -0.336 e. The summed E-state index contributed by atoms with van der Waals surface area (Å²) in [5.41, 5.74) is 1.95. The molecule has 2 aromatic heterocycles. The van der Waals surface area contributed by atoms with Crippen molar-refractivity contribution in [2.45, 2.75) is 43.8 Å². The van der Waals surface area contributed by atoms with E-state index >= 15 is 0 Å². The summed E-state index contributed by atoms with van der Waals surface area (Å²) in [4.78, 5) is 45.9. The Morgan fingerprint density at radius 2 is 1.97 bits per heavy atom. The molecule has 1 saturated heterocycles. The van der Waals surface area contributed by atoms with Gasteiger partial charge in [0.15, 0.2) is 5.16 Å². The van der Waals surface area contributed by atoms with E-state index in [0.29, 0.717) is 36.6 Å². The number of rotatable bonds is 6. The van der Waals surface area contributed by atoms with Crippen LogP contribution in [-0.2, 0) is 30.6 Å². The Morgan fingerprint density at radius 1 is 1.18 bits per heavy atom. The molecule has 2 aliphatic rings. The van der Waals surface area contributed by atoms with Gasteiger partial charge in [-0.2, -0.15) is 0 Å². The molecule has 3 amide bonds. The molecule has 5 rings (SSSR count). The molecule has 33 heavy (non-hydrogen) atoms. The van der Waals surface area contributed by atoms with Crippen LogP contribution >= 0.6 is 23.1 Å². The van der Waals surface area contributed by atoms with Crippen LogP contribution in [0.2, 0.25) is 0 Å². The van der Waals surface area contributed by atoms with E-state index in [1.165, 1.54) is 33.7 Å². The number of hydrogen-bond donors (Lipinski definition) is 1. The maximum absolute atomic E-state index is 13.6. The van der Waals surface area contributed by atoms with Crippen LogP contribution in [0.4, 0.5) is 9.18 Å². The molecular formula is C23H23FN4O3S2. The fourth-order valence-corrected chi connectivity index (χ4v) is 6.54. The molecule has 1 fully saturated rings. The normalized spacial score (nSPS) is 15.7. The highest BCUT2D eigenvalue weighted by Gasteiger charge is 2.27. The first kappa shape index (κ1) is 22.1. The third-order valence-electron chi connectivity index (χ3n) is 6.06. The fraction of sp³-hybridized carbons (Fsp3) is 0.391. The summed E-state index contributed by atoms with van der Waals surface area (Å²) in [5, 5.41) is 3.80. The van der Waals surface area contributed by atoms with Crippen molar-refractivity contribution in [1.82, 2.24) is 19.8 Å². The lowest BCUT2D eigenvalue weighted by atomic mass is 9.97. The van der Waals surface area contributed by atoms with Gasteiger partial charge in [-0.25, -0.2) is 14.2 Å². The van der Waals surface area contributed by atoms with Crippen LogP contribution in [0.3, 0.4) is 0 Å². The Kier molecular flexibility index (Phi) is 6.20. The van der Waals surface area contributed by atoms with Crippen LogP contribution in [0.1, 0.15) is 28.8 Å². The highest BCUT2D eigenvalue weighted by atomic mass is 32.2. The molecule has 0 bridgehead atoms. The standard InChI is InChI=1S/C23H23FN4O3S2/c24-15-7-5-14(6-8-15)9-11-28-21(30)19-16-3-1-2-4-17(16)33-20(19)26-23(28)32-13-18(29)27-12-10-25-22(27)31/h5-8H,1-4,9-13H2,(H,25,31). The topological polar surface area (TPSA) is 84.3 Å². The number of amides is 3. The van der Waals surface area contributed by atoms with Gasteiger partial charge in [-0.3, -0.25) is 19.1 Å². The second-order valence-electron chi connectivity index (χ2n) is 8.18. The first-order valence-electron chi connectivity index (χ1n) is 11.0. The summed E-state index contributed by atoms with van der Waals surface area (Å²) in [6, 6.07) is 5.85. The third-order valence-corrected chi connectivity index (χ3v) is 8.21. The Balaban J connectivity index is 1.47. The zero-order valence-electron chi connectivity index (χ0n) is 17.9. The summed E-state index contributed by atoms with van der Waals surface area (Å²) in [6.07, 6.45) is 4.58. The first-order valence-corrected chi connectivity index (χ1v) is 12.8.